The first-order valence-electron chi connectivity index (χ1n) is 9.46. The zero-order valence-electron chi connectivity index (χ0n) is 16.4. The zero-order chi connectivity index (χ0) is 19.9. The van der Waals surface area contributed by atoms with E-state index in [9.17, 15) is 8.78 Å². The molecule has 2 rings (SSSR count). The summed E-state index contributed by atoms with van der Waals surface area (Å²) < 4.78 is 30.7. The van der Waals surface area contributed by atoms with Crippen LogP contribution >= 0.6 is 11.9 Å². The van der Waals surface area contributed by atoms with Gasteiger partial charge in [0, 0.05) is 4.91 Å². The molecule has 0 aromatic heterocycles. The van der Waals surface area contributed by atoms with Crippen LogP contribution in [0.1, 0.15) is 45.6 Å². The Hall–Kier alpha value is -1.43. The molecule has 1 heterocycles. The molecule has 1 aliphatic rings. The summed E-state index contributed by atoms with van der Waals surface area (Å²) in [5.74, 6) is -0.990. The molecule has 0 unspecified atom stereocenters. The van der Waals surface area contributed by atoms with Crippen molar-refractivity contribution in [3.63, 3.8) is 0 Å². The second-order valence-corrected chi connectivity index (χ2v) is 8.43. The van der Waals surface area contributed by atoms with Crippen LogP contribution in [0.3, 0.4) is 0 Å². The Morgan fingerprint density at radius 1 is 1.26 bits per heavy atom. The average Bonchev–Trinajstić information content (AvgIpc) is 2.64. The van der Waals surface area contributed by atoms with Crippen LogP contribution in [0.25, 0.3) is 0 Å². The Kier molecular flexibility index (Phi) is 8.27. The van der Waals surface area contributed by atoms with Crippen molar-refractivity contribution in [3.8, 4) is 0 Å². The van der Waals surface area contributed by atoms with Gasteiger partial charge in [0.1, 0.15) is 0 Å². The summed E-state index contributed by atoms with van der Waals surface area (Å²) in [5, 5.41) is 3.33. The predicted octanol–water partition coefficient (Wildman–Crippen LogP) is 5.84. The van der Waals surface area contributed by atoms with E-state index in [-0.39, 0.29) is 0 Å². The van der Waals surface area contributed by atoms with E-state index in [1.54, 1.807) is 6.07 Å². The van der Waals surface area contributed by atoms with Crippen molar-refractivity contribution in [2.75, 3.05) is 13.1 Å². The summed E-state index contributed by atoms with van der Waals surface area (Å²) in [6, 6.07) is 4.21. The van der Waals surface area contributed by atoms with Crippen molar-refractivity contribution in [1.82, 2.24) is 10.0 Å². The van der Waals surface area contributed by atoms with Crippen LogP contribution in [0.2, 0.25) is 0 Å². The first-order chi connectivity index (χ1) is 12.9. The molecule has 1 aromatic carbocycles. The molecule has 0 radical (unpaired) electrons. The van der Waals surface area contributed by atoms with Crippen LogP contribution < -0.4 is 10.0 Å². The largest absolute Gasteiger partial charge is 0.317 e. The van der Waals surface area contributed by atoms with Crippen LogP contribution in [0.15, 0.2) is 53.5 Å². The Morgan fingerprint density at radius 3 is 2.56 bits per heavy atom. The first-order valence-corrected chi connectivity index (χ1v) is 10.3. The molecule has 0 aliphatic carbocycles. The fourth-order valence-electron chi connectivity index (χ4n) is 3.33. The third kappa shape index (κ3) is 6.30. The second kappa shape index (κ2) is 10.2. The molecular formula is C22H30F2N2S. The van der Waals surface area contributed by atoms with E-state index in [4.69, 9.17) is 0 Å². The monoisotopic (exact) mass is 392 g/mol. The lowest BCUT2D eigenvalue weighted by Crippen LogP contribution is -2.47. The maximum absolute atomic E-state index is 13.8. The number of piperidine rings is 1. The highest BCUT2D eigenvalue weighted by molar-refractivity contribution is 8.01. The summed E-state index contributed by atoms with van der Waals surface area (Å²) in [6.07, 6.45) is 8.66. The highest BCUT2D eigenvalue weighted by Gasteiger charge is 2.34. The summed E-state index contributed by atoms with van der Waals surface area (Å²) in [7, 11) is 0. The first kappa shape index (κ1) is 21.9. The zero-order valence-corrected chi connectivity index (χ0v) is 17.3. The Morgan fingerprint density at radius 2 is 1.96 bits per heavy atom. The molecule has 27 heavy (non-hydrogen) atoms. The van der Waals surface area contributed by atoms with Gasteiger partial charge in [-0.15, -0.1) is 0 Å². The molecule has 148 valence electrons. The molecule has 1 saturated heterocycles. The van der Waals surface area contributed by atoms with Gasteiger partial charge in [-0.05, 0) is 80.9 Å². The number of allylic oxidation sites excluding steroid dienone is 4. The van der Waals surface area contributed by atoms with E-state index in [1.807, 2.05) is 6.08 Å². The molecule has 0 spiro atoms. The lowest BCUT2D eigenvalue weighted by atomic mass is 9.82. The van der Waals surface area contributed by atoms with E-state index in [2.05, 4.69) is 49.5 Å². The van der Waals surface area contributed by atoms with E-state index >= 15 is 0 Å². The SMILES string of the molecule is C=C/C(=C\C=C(/C)CC(C)C)SNC1(c2ccc(F)c(F)c2)CCNCC1. The van der Waals surface area contributed by atoms with Crippen molar-refractivity contribution in [2.24, 2.45) is 5.92 Å². The van der Waals surface area contributed by atoms with Gasteiger partial charge >= 0.3 is 0 Å². The Bertz CT molecular complexity index is 704. The molecule has 0 bridgehead atoms. The van der Waals surface area contributed by atoms with Crippen LogP contribution in [0.5, 0.6) is 0 Å². The highest BCUT2D eigenvalue weighted by Crippen LogP contribution is 2.35. The van der Waals surface area contributed by atoms with Gasteiger partial charge in [-0.1, -0.05) is 44.2 Å². The van der Waals surface area contributed by atoms with Gasteiger partial charge in [-0.2, -0.15) is 0 Å². The van der Waals surface area contributed by atoms with Crippen molar-refractivity contribution >= 4 is 11.9 Å². The molecule has 5 heteroatoms. The molecule has 0 atom stereocenters. The van der Waals surface area contributed by atoms with Gasteiger partial charge in [0.15, 0.2) is 11.6 Å². The molecular weight excluding hydrogens is 362 g/mol. The van der Waals surface area contributed by atoms with Crippen molar-refractivity contribution in [3.05, 3.63) is 70.7 Å². The topological polar surface area (TPSA) is 24.1 Å². The van der Waals surface area contributed by atoms with Crippen molar-refractivity contribution in [1.29, 1.82) is 0 Å². The van der Waals surface area contributed by atoms with Crippen LogP contribution in [-0.2, 0) is 5.54 Å². The minimum atomic E-state index is -0.812. The van der Waals surface area contributed by atoms with Gasteiger partial charge in [-0.25, -0.2) is 13.5 Å². The lowest BCUT2D eigenvalue weighted by molar-refractivity contribution is 0.294. The van der Waals surface area contributed by atoms with E-state index < -0.39 is 17.2 Å². The predicted molar refractivity (Wildman–Crippen MR) is 112 cm³/mol. The van der Waals surface area contributed by atoms with Gasteiger partial charge < -0.3 is 5.32 Å². The normalized spacial score (nSPS) is 18.0. The van der Waals surface area contributed by atoms with E-state index in [0.29, 0.717) is 5.92 Å². The smallest absolute Gasteiger partial charge is 0.159 e. The minimum Gasteiger partial charge on any atom is -0.317 e. The molecule has 0 amide bonds. The standard InChI is InChI=1S/C22H30F2N2S/c1-5-19(8-6-17(4)14-16(2)3)27-26-22(10-12-25-13-11-22)18-7-9-20(23)21(24)15-18/h5-9,15-16,25-26H,1,10-14H2,2-4H3/b17-6+,19-8+. The van der Waals surface area contributed by atoms with Crippen LogP contribution in [-0.4, -0.2) is 13.1 Å². The summed E-state index contributed by atoms with van der Waals surface area (Å²) in [4.78, 5) is 0.999. The second-order valence-electron chi connectivity index (χ2n) is 7.55. The van der Waals surface area contributed by atoms with Gasteiger partial charge in [0.25, 0.3) is 0 Å². The average molecular weight is 393 g/mol. The Labute approximate surface area is 166 Å². The minimum absolute atomic E-state index is 0.400. The molecule has 0 saturated carbocycles. The summed E-state index contributed by atoms with van der Waals surface area (Å²) in [5.41, 5.74) is 1.70. The molecule has 1 aliphatic heterocycles. The lowest BCUT2D eigenvalue weighted by Gasteiger charge is -2.38. The fraction of sp³-hybridized carbons (Fsp3) is 0.455. The van der Waals surface area contributed by atoms with Crippen LogP contribution in [0, 0.1) is 17.6 Å². The molecule has 2 nitrogen and oxygen atoms in total. The summed E-state index contributed by atoms with van der Waals surface area (Å²) in [6.45, 7) is 12.1. The molecule has 1 fully saturated rings. The van der Waals surface area contributed by atoms with Gasteiger partial charge in [-0.3, -0.25) is 0 Å². The van der Waals surface area contributed by atoms with Crippen molar-refractivity contribution < 1.29 is 8.78 Å². The quantitative estimate of drug-likeness (QED) is 0.429. The Balaban J connectivity index is 2.18. The van der Waals surface area contributed by atoms with E-state index in [1.165, 1.54) is 29.7 Å². The number of halogens is 2. The number of rotatable bonds is 8. The number of nitrogens with one attached hydrogen (secondary N) is 2. The third-order valence-electron chi connectivity index (χ3n) is 4.76. The fourth-order valence-corrected chi connectivity index (χ4v) is 4.19. The number of hydrogen-bond acceptors (Lipinski definition) is 3. The maximum Gasteiger partial charge on any atom is 0.159 e. The number of hydrogen-bond donors (Lipinski definition) is 2. The molecule has 2 N–H and O–H groups in total. The highest BCUT2D eigenvalue weighted by atomic mass is 32.2. The number of benzene rings is 1. The van der Waals surface area contributed by atoms with Crippen LogP contribution in [0.4, 0.5) is 8.78 Å². The maximum atomic E-state index is 13.8. The third-order valence-corrected chi connectivity index (χ3v) is 5.79. The molecule has 1 aromatic rings. The summed E-state index contributed by atoms with van der Waals surface area (Å²) >= 11 is 1.50. The van der Waals surface area contributed by atoms with Gasteiger partial charge in [0.05, 0.1) is 5.54 Å². The van der Waals surface area contributed by atoms with Crippen molar-refractivity contribution in [2.45, 2.75) is 45.6 Å². The van der Waals surface area contributed by atoms with E-state index in [0.717, 1.165) is 42.8 Å². The van der Waals surface area contributed by atoms with Gasteiger partial charge in [0.2, 0.25) is 0 Å².